The lowest BCUT2D eigenvalue weighted by Crippen LogP contribution is -2.56. The van der Waals surface area contributed by atoms with Crippen molar-refractivity contribution in [1.29, 1.82) is 0 Å². The molecule has 2 heterocycles. The second-order valence-corrected chi connectivity index (χ2v) is 8.56. The Bertz CT molecular complexity index is 1220. The number of aromatic nitrogens is 2. The predicted octanol–water partition coefficient (Wildman–Crippen LogP) is 2.54. The minimum atomic E-state index is -1.03. The van der Waals surface area contributed by atoms with Crippen LogP contribution in [-0.4, -0.2) is 57.5 Å². The van der Waals surface area contributed by atoms with Crippen molar-refractivity contribution in [3.8, 4) is 11.1 Å². The highest BCUT2D eigenvalue weighted by molar-refractivity contribution is 5.88. The van der Waals surface area contributed by atoms with Crippen molar-refractivity contribution < 1.29 is 24.2 Å². The molecule has 2 N–H and O–H groups in total. The van der Waals surface area contributed by atoms with Gasteiger partial charge in [0, 0.05) is 32.3 Å². The normalized spacial score (nSPS) is 15.7. The SMILES string of the molecule is Cn1nccc1C(NC(=O)OCC1c2ccccc2-c2ccccc21)C(=O)N1CC(C(=O)O)C1. The maximum absolute atomic E-state index is 13.1. The van der Waals surface area contributed by atoms with E-state index in [4.69, 9.17) is 9.84 Å². The Balaban J connectivity index is 1.30. The van der Waals surface area contributed by atoms with Gasteiger partial charge in [0.15, 0.2) is 6.04 Å². The summed E-state index contributed by atoms with van der Waals surface area (Å²) >= 11 is 0. The quantitative estimate of drug-likeness (QED) is 0.585. The first kappa shape index (κ1) is 21.7. The first-order chi connectivity index (χ1) is 16.4. The van der Waals surface area contributed by atoms with Gasteiger partial charge < -0.3 is 20.1 Å². The zero-order valence-electron chi connectivity index (χ0n) is 18.5. The van der Waals surface area contributed by atoms with Gasteiger partial charge in [-0.25, -0.2) is 4.79 Å². The number of carbonyl (C=O) groups is 3. The van der Waals surface area contributed by atoms with Crippen LogP contribution in [0.4, 0.5) is 4.79 Å². The Labute approximate surface area is 195 Å². The van der Waals surface area contributed by atoms with Crippen LogP contribution in [0, 0.1) is 5.92 Å². The molecule has 0 bridgehead atoms. The van der Waals surface area contributed by atoms with E-state index in [-0.39, 0.29) is 25.6 Å². The molecule has 1 aliphatic carbocycles. The number of hydrogen-bond acceptors (Lipinski definition) is 5. The van der Waals surface area contributed by atoms with Crippen LogP contribution in [0.5, 0.6) is 0 Å². The third kappa shape index (κ3) is 3.79. The topological polar surface area (TPSA) is 114 Å². The first-order valence-corrected chi connectivity index (χ1v) is 11.0. The van der Waals surface area contributed by atoms with Crippen molar-refractivity contribution >= 4 is 18.0 Å². The Hall–Kier alpha value is -4.14. The van der Waals surface area contributed by atoms with E-state index in [0.717, 1.165) is 22.3 Å². The average molecular weight is 460 g/mol. The van der Waals surface area contributed by atoms with Gasteiger partial charge in [0.05, 0.1) is 11.6 Å². The smallest absolute Gasteiger partial charge is 0.408 e. The fourth-order valence-electron chi connectivity index (χ4n) is 4.68. The summed E-state index contributed by atoms with van der Waals surface area (Å²) in [5.74, 6) is -2.03. The first-order valence-electron chi connectivity index (χ1n) is 11.0. The van der Waals surface area contributed by atoms with E-state index in [2.05, 4.69) is 22.5 Å². The summed E-state index contributed by atoms with van der Waals surface area (Å²) in [6.07, 6.45) is 0.808. The number of nitrogens with one attached hydrogen (secondary N) is 1. The molecular weight excluding hydrogens is 436 g/mol. The van der Waals surface area contributed by atoms with E-state index in [1.807, 2.05) is 36.4 Å². The summed E-state index contributed by atoms with van der Waals surface area (Å²) in [6, 6.07) is 16.7. The molecule has 34 heavy (non-hydrogen) atoms. The number of carbonyl (C=O) groups excluding carboxylic acids is 2. The molecule has 5 rings (SSSR count). The maximum atomic E-state index is 13.1. The standard InChI is InChI=1S/C25H24N4O5/c1-28-21(10-11-26-28)22(23(30)29-12-15(13-29)24(31)32)27-25(33)34-14-20-18-8-4-2-6-16(18)17-7-3-5-9-19(17)20/h2-11,15,20,22H,12-14H2,1H3,(H,27,33)(H,31,32). The van der Waals surface area contributed by atoms with Crippen LogP contribution in [0.15, 0.2) is 60.8 Å². The van der Waals surface area contributed by atoms with Gasteiger partial charge in [0.2, 0.25) is 0 Å². The molecule has 3 aromatic rings. The predicted molar refractivity (Wildman–Crippen MR) is 122 cm³/mol. The lowest BCUT2D eigenvalue weighted by molar-refractivity contribution is -0.153. The number of hydrogen-bond donors (Lipinski definition) is 2. The summed E-state index contributed by atoms with van der Waals surface area (Å²) < 4.78 is 7.11. The third-order valence-electron chi connectivity index (χ3n) is 6.55. The van der Waals surface area contributed by atoms with Crippen LogP contribution >= 0.6 is 0 Å². The zero-order chi connectivity index (χ0) is 23.8. The molecule has 1 aromatic heterocycles. The highest BCUT2D eigenvalue weighted by Gasteiger charge is 2.40. The van der Waals surface area contributed by atoms with Crippen LogP contribution in [0.25, 0.3) is 11.1 Å². The van der Waals surface area contributed by atoms with Gasteiger partial charge in [-0.05, 0) is 28.3 Å². The number of likely N-dealkylation sites (tertiary alicyclic amines) is 1. The number of aliphatic carboxylic acids is 1. The lowest BCUT2D eigenvalue weighted by atomic mass is 9.98. The van der Waals surface area contributed by atoms with E-state index < -0.39 is 29.9 Å². The maximum Gasteiger partial charge on any atom is 0.408 e. The average Bonchev–Trinajstić information content (AvgIpc) is 3.36. The van der Waals surface area contributed by atoms with Gasteiger partial charge in [-0.15, -0.1) is 0 Å². The molecule has 2 aromatic carbocycles. The number of ether oxygens (including phenoxy) is 1. The Morgan fingerprint density at radius 2 is 1.68 bits per heavy atom. The molecule has 2 amide bonds. The second kappa shape index (κ2) is 8.66. The van der Waals surface area contributed by atoms with Crippen LogP contribution in [0.1, 0.15) is 28.8 Å². The third-order valence-corrected chi connectivity index (χ3v) is 6.55. The van der Waals surface area contributed by atoms with Crippen molar-refractivity contribution in [3.63, 3.8) is 0 Å². The van der Waals surface area contributed by atoms with Crippen LogP contribution in [-0.2, 0) is 21.4 Å². The number of fused-ring (bicyclic) bond motifs is 3. The fraction of sp³-hybridized carbons (Fsp3) is 0.280. The van der Waals surface area contributed by atoms with E-state index in [9.17, 15) is 14.4 Å². The summed E-state index contributed by atoms with van der Waals surface area (Å²) in [6.45, 7) is 0.334. The van der Waals surface area contributed by atoms with E-state index in [1.54, 1.807) is 13.1 Å². The second-order valence-electron chi connectivity index (χ2n) is 8.56. The summed E-state index contributed by atoms with van der Waals surface area (Å²) in [7, 11) is 1.67. The van der Waals surface area contributed by atoms with Gasteiger partial charge >= 0.3 is 12.1 Å². The Morgan fingerprint density at radius 3 is 2.24 bits per heavy atom. The highest BCUT2D eigenvalue weighted by atomic mass is 16.5. The molecule has 0 radical (unpaired) electrons. The lowest BCUT2D eigenvalue weighted by Gasteiger charge is -2.38. The van der Waals surface area contributed by atoms with E-state index >= 15 is 0 Å². The molecule has 2 aliphatic rings. The number of benzene rings is 2. The van der Waals surface area contributed by atoms with Gasteiger partial charge in [-0.2, -0.15) is 5.10 Å². The van der Waals surface area contributed by atoms with Gasteiger partial charge in [0.1, 0.15) is 6.61 Å². The van der Waals surface area contributed by atoms with Crippen molar-refractivity contribution in [2.24, 2.45) is 13.0 Å². The molecule has 174 valence electrons. The minimum Gasteiger partial charge on any atom is -0.481 e. The summed E-state index contributed by atoms with van der Waals surface area (Å²) in [4.78, 5) is 38.4. The number of amides is 2. The number of carboxylic acids is 1. The molecule has 1 unspecified atom stereocenters. The minimum absolute atomic E-state index is 0.101. The highest BCUT2D eigenvalue weighted by Crippen LogP contribution is 2.44. The Morgan fingerprint density at radius 1 is 1.06 bits per heavy atom. The molecular formula is C25H24N4O5. The molecule has 9 heteroatoms. The van der Waals surface area contributed by atoms with E-state index in [1.165, 1.54) is 15.8 Å². The van der Waals surface area contributed by atoms with Gasteiger partial charge in [0.25, 0.3) is 5.91 Å². The number of aryl methyl sites for hydroxylation is 1. The fourth-order valence-corrected chi connectivity index (χ4v) is 4.68. The number of carboxylic acid groups (broad SMARTS) is 1. The molecule has 1 fully saturated rings. The number of alkyl carbamates (subject to hydrolysis) is 1. The van der Waals surface area contributed by atoms with Crippen LogP contribution in [0.3, 0.4) is 0 Å². The molecule has 1 atom stereocenters. The number of rotatable bonds is 6. The molecule has 1 saturated heterocycles. The molecule has 1 aliphatic heterocycles. The molecule has 0 saturated carbocycles. The Kier molecular flexibility index (Phi) is 5.53. The van der Waals surface area contributed by atoms with Gasteiger partial charge in [-0.1, -0.05) is 48.5 Å². The molecule has 9 nitrogen and oxygen atoms in total. The molecule has 0 spiro atoms. The summed E-state index contributed by atoms with van der Waals surface area (Å²) in [5, 5.41) is 15.9. The monoisotopic (exact) mass is 460 g/mol. The van der Waals surface area contributed by atoms with Crippen LogP contribution in [0.2, 0.25) is 0 Å². The number of nitrogens with zero attached hydrogens (tertiary/aromatic N) is 3. The van der Waals surface area contributed by atoms with Gasteiger partial charge in [-0.3, -0.25) is 14.3 Å². The van der Waals surface area contributed by atoms with Crippen molar-refractivity contribution in [1.82, 2.24) is 20.0 Å². The van der Waals surface area contributed by atoms with Crippen LogP contribution < -0.4 is 5.32 Å². The van der Waals surface area contributed by atoms with Crippen molar-refractivity contribution in [2.75, 3.05) is 19.7 Å². The van der Waals surface area contributed by atoms with Crippen molar-refractivity contribution in [2.45, 2.75) is 12.0 Å². The summed E-state index contributed by atoms with van der Waals surface area (Å²) in [5.41, 5.74) is 4.92. The van der Waals surface area contributed by atoms with E-state index in [0.29, 0.717) is 5.69 Å². The largest absolute Gasteiger partial charge is 0.481 e. The zero-order valence-corrected chi connectivity index (χ0v) is 18.5. The van der Waals surface area contributed by atoms with Crippen molar-refractivity contribution in [3.05, 3.63) is 77.6 Å².